The van der Waals surface area contributed by atoms with Crippen molar-refractivity contribution in [2.24, 2.45) is 0 Å². The maximum Gasteiger partial charge on any atom is 0.335 e. The minimum Gasteiger partial charge on any atom is -0.478 e. The van der Waals surface area contributed by atoms with E-state index in [2.05, 4.69) is 25.9 Å². The highest BCUT2D eigenvalue weighted by molar-refractivity contribution is 6.31. The van der Waals surface area contributed by atoms with Crippen LogP contribution in [-0.2, 0) is 0 Å². The average Bonchev–Trinajstić information content (AvgIpc) is 3.86. The molecular weight excluding hydrogens is 580 g/mol. The number of carboxylic acid groups (broad SMARTS) is 1. The van der Waals surface area contributed by atoms with Crippen molar-refractivity contribution in [3.63, 3.8) is 0 Å². The fraction of sp³-hybridized carbons (Fsp3) is 0.194. The van der Waals surface area contributed by atoms with Crippen molar-refractivity contribution in [3.05, 3.63) is 114 Å². The van der Waals surface area contributed by atoms with Gasteiger partial charge < -0.3 is 10.4 Å². The van der Waals surface area contributed by atoms with E-state index in [1.165, 1.54) is 0 Å². The Morgan fingerprint density at radius 1 is 0.932 bits per heavy atom. The van der Waals surface area contributed by atoms with Crippen molar-refractivity contribution < 1.29 is 9.90 Å². The number of hydrogen-bond acceptors (Lipinski definition) is 8. The van der Waals surface area contributed by atoms with Crippen LogP contribution in [0.25, 0.3) is 27.9 Å². The molecule has 6 aromatic rings. The summed E-state index contributed by atoms with van der Waals surface area (Å²) >= 11 is 6.39. The van der Waals surface area contributed by atoms with E-state index in [4.69, 9.17) is 21.7 Å². The molecule has 0 radical (unpaired) electrons. The molecule has 13 heteroatoms. The number of carbonyl (C=O) groups is 1. The Balaban J connectivity index is 1.26. The molecule has 4 aromatic heterocycles. The standard InChI is InChI=1S/C31H27ClN10O2/c32-24-6-8-29(40-14-13-35-38-40)26(15-24)22-5-7-27(34-16-22)30(28-19-41(39-37-28)25-9-11-33-12-10-25)42-18-23(17-36-42)20-1-3-21(4-2-20)31(43)44/h1-8,13-19,25,30,33H,9-12H2,(H,43,44). The zero-order valence-electron chi connectivity index (χ0n) is 23.4. The Morgan fingerprint density at radius 3 is 2.48 bits per heavy atom. The molecule has 1 aliphatic heterocycles. The Labute approximate surface area is 256 Å². The van der Waals surface area contributed by atoms with Crippen LogP contribution in [0, 0.1) is 0 Å². The average molecular weight is 607 g/mol. The Bertz CT molecular complexity index is 1890. The predicted octanol–water partition coefficient (Wildman–Crippen LogP) is 4.70. The van der Waals surface area contributed by atoms with Crippen molar-refractivity contribution in [3.8, 4) is 27.9 Å². The van der Waals surface area contributed by atoms with Gasteiger partial charge in [0.25, 0.3) is 0 Å². The zero-order valence-corrected chi connectivity index (χ0v) is 24.2. The molecule has 5 heterocycles. The monoisotopic (exact) mass is 606 g/mol. The van der Waals surface area contributed by atoms with Gasteiger partial charge >= 0.3 is 5.97 Å². The van der Waals surface area contributed by atoms with Crippen LogP contribution >= 0.6 is 11.6 Å². The number of rotatable bonds is 8. The number of pyridine rings is 1. The van der Waals surface area contributed by atoms with Gasteiger partial charge in [0.05, 0.1) is 47.8 Å². The van der Waals surface area contributed by atoms with Crippen molar-refractivity contribution in [1.82, 2.24) is 50.1 Å². The van der Waals surface area contributed by atoms with Crippen LogP contribution in [0.3, 0.4) is 0 Å². The van der Waals surface area contributed by atoms with Gasteiger partial charge in [0.1, 0.15) is 11.7 Å². The quantitative estimate of drug-likeness (QED) is 0.252. The van der Waals surface area contributed by atoms with E-state index in [1.807, 2.05) is 52.1 Å². The van der Waals surface area contributed by atoms with Gasteiger partial charge in [-0.05, 0) is 67.9 Å². The summed E-state index contributed by atoms with van der Waals surface area (Å²) in [5.41, 5.74) is 5.91. The molecule has 1 atom stereocenters. The third kappa shape index (κ3) is 5.48. The lowest BCUT2D eigenvalue weighted by atomic mass is 10.0. The van der Waals surface area contributed by atoms with Gasteiger partial charge in [0.2, 0.25) is 0 Å². The Kier molecular flexibility index (Phi) is 7.42. The molecule has 0 amide bonds. The number of aromatic nitrogens is 9. The van der Waals surface area contributed by atoms with E-state index in [0.29, 0.717) is 10.7 Å². The van der Waals surface area contributed by atoms with Crippen molar-refractivity contribution in [1.29, 1.82) is 0 Å². The maximum absolute atomic E-state index is 11.3. The summed E-state index contributed by atoms with van der Waals surface area (Å²) in [7, 11) is 0. The Morgan fingerprint density at radius 2 is 1.75 bits per heavy atom. The lowest BCUT2D eigenvalue weighted by molar-refractivity contribution is 0.0697. The minimum atomic E-state index is -0.968. The van der Waals surface area contributed by atoms with Crippen LogP contribution in [0.5, 0.6) is 0 Å². The third-order valence-electron chi connectivity index (χ3n) is 7.83. The third-order valence-corrected chi connectivity index (χ3v) is 8.06. The summed E-state index contributed by atoms with van der Waals surface area (Å²) in [5, 5.41) is 35.2. The van der Waals surface area contributed by atoms with E-state index in [9.17, 15) is 9.90 Å². The molecule has 0 spiro atoms. The minimum absolute atomic E-state index is 0.226. The molecule has 1 fully saturated rings. The number of carboxylic acids is 1. The molecule has 0 aliphatic carbocycles. The molecule has 7 rings (SSSR count). The van der Waals surface area contributed by atoms with Crippen molar-refractivity contribution in [2.75, 3.05) is 13.1 Å². The molecule has 2 aromatic carbocycles. The number of nitrogens with zero attached hydrogens (tertiary/aromatic N) is 9. The van der Waals surface area contributed by atoms with Gasteiger partial charge in [-0.1, -0.05) is 40.2 Å². The molecule has 0 bridgehead atoms. The molecule has 1 aliphatic rings. The maximum atomic E-state index is 11.3. The van der Waals surface area contributed by atoms with Crippen LogP contribution in [0.2, 0.25) is 5.02 Å². The molecule has 12 nitrogen and oxygen atoms in total. The van der Waals surface area contributed by atoms with Gasteiger partial charge in [0, 0.05) is 34.1 Å². The van der Waals surface area contributed by atoms with Gasteiger partial charge in [0.15, 0.2) is 0 Å². The number of halogens is 1. The zero-order chi connectivity index (χ0) is 30.0. The summed E-state index contributed by atoms with van der Waals surface area (Å²) in [6.07, 6.45) is 12.8. The predicted molar refractivity (Wildman–Crippen MR) is 163 cm³/mol. The lowest BCUT2D eigenvalue weighted by Gasteiger charge is -2.22. The number of hydrogen-bond donors (Lipinski definition) is 2. The van der Waals surface area contributed by atoms with Gasteiger partial charge in [-0.25, -0.2) is 14.2 Å². The first kappa shape index (κ1) is 27.6. The van der Waals surface area contributed by atoms with Crippen LogP contribution in [0.15, 0.2) is 91.8 Å². The van der Waals surface area contributed by atoms with E-state index < -0.39 is 12.0 Å². The van der Waals surface area contributed by atoms with E-state index in [1.54, 1.807) is 53.7 Å². The molecular formula is C31H27ClN10O2. The topological polar surface area (TPSA) is 141 Å². The summed E-state index contributed by atoms with van der Waals surface area (Å²) in [6, 6.07) is 16.1. The van der Waals surface area contributed by atoms with Crippen LogP contribution in [0.1, 0.15) is 46.7 Å². The first-order valence-electron chi connectivity index (χ1n) is 14.2. The molecule has 44 heavy (non-hydrogen) atoms. The summed E-state index contributed by atoms with van der Waals surface area (Å²) in [6.45, 7) is 1.88. The number of aromatic carboxylic acids is 1. The van der Waals surface area contributed by atoms with Gasteiger partial charge in [-0.2, -0.15) is 5.10 Å². The van der Waals surface area contributed by atoms with Crippen molar-refractivity contribution in [2.45, 2.75) is 24.9 Å². The van der Waals surface area contributed by atoms with Crippen molar-refractivity contribution >= 4 is 17.6 Å². The normalized spacial score (nSPS) is 14.5. The number of piperidine rings is 1. The summed E-state index contributed by atoms with van der Waals surface area (Å²) in [5.74, 6) is -0.968. The van der Waals surface area contributed by atoms with Gasteiger partial charge in [-0.3, -0.25) is 9.67 Å². The molecule has 1 unspecified atom stereocenters. The highest BCUT2D eigenvalue weighted by Gasteiger charge is 2.25. The first-order valence-corrected chi connectivity index (χ1v) is 14.5. The molecule has 220 valence electrons. The fourth-order valence-electron chi connectivity index (χ4n) is 5.52. The van der Waals surface area contributed by atoms with Crippen LogP contribution in [-0.4, -0.2) is 68.9 Å². The summed E-state index contributed by atoms with van der Waals surface area (Å²) in [4.78, 5) is 16.2. The van der Waals surface area contributed by atoms with E-state index >= 15 is 0 Å². The van der Waals surface area contributed by atoms with Crippen LogP contribution < -0.4 is 5.32 Å². The van der Waals surface area contributed by atoms with E-state index in [0.717, 1.165) is 59.6 Å². The summed E-state index contributed by atoms with van der Waals surface area (Å²) < 4.78 is 5.46. The second-order valence-corrected chi connectivity index (χ2v) is 11.0. The second-order valence-electron chi connectivity index (χ2n) is 10.6. The smallest absolute Gasteiger partial charge is 0.335 e. The second kappa shape index (κ2) is 11.8. The SMILES string of the molecule is O=C(O)c1ccc(-c2cnn(C(c3ccc(-c4cc(Cl)ccc4-n4ccnn4)cn3)c3cn(C4CCNCC4)nn3)c2)cc1. The van der Waals surface area contributed by atoms with E-state index in [-0.39, 0.29) is 11.6 Å². The first-order chi connectivity index (χ1) is 21.5. The lowest BCUT2D eigenvalue weighted by Crippen LogP contribution is -2.29. The number of nitrogens with one attached hydrogen (secondary N) is 1. The van der Waals surface area contributed by atoms with Crippen LogP contribution in [0.4, 0.5) is 0 Å². The molecule has 2 N–H and O–H groups in total. The Hall–Kier alpha value is -5.20. The molecule has 1 saturated heterocycles. The largest absolute Gasteiger partial charge is 0.478 e. The number of benzene rings is 2. The van der Waals surface area contributed by atoms with Gasteiger partial charge in [-0.15, -0.1) is 10.2 Å². The highest BCUT2D eigenvalue weighted by atomic mass is 35.5. The fourth-order valence-corrected chi connectivity index (χ4v) is 5.70. The molecule has 0 saturated carbocycles. The highest BCUT2D eigenvalue weighted by Crippen LogP contribution is 2.32.